The molecule has 3 rings (SSSR count). The summed E-state index contributed by atoms with van der Waals surface area (Å²) < 4.78 is 5.26. The Balaban J connectivity index is 1.60. The number of hydrogen-bond acceptors (Lipinski definition) is 6. The maximum Gasteiger partial charge on any atom is 0.375 e. The SMILES string of the molecule is O=C(OCc1ccccc1)c1ccncc1C(=O)OOCc1ccccc1. The molecule has 3 aromatic rings. The lowest BCUT2D eigenvalue weighted by Gasteiger charge is -2.09. The lowest BCUT2D eigenvalue weighted by atomic mass is 10.1. The summed E-state index contributed by atoms with van der Waals surface area (Å²) in [7, 11) is 0. The molecule has 0 saturated carbocycles. The fourth-order valence-electron chi connectivity index (χ4n) is 2.31. The van der Waals surface area contributed by atoms with Crippen LogP contribution in [0.15, 0.2) is 79.1 Å². The third-order valence-electron chi connectivity index (χ3n) is 3.68. The molecule has 0 spiro atoms. The van der Waals surface area contributed by atoms with E-state index in [4.69, 9.17) is 14.5 Å². The second-order valence-corrected chi connectivity index (χ2v) is 5.60. The van der Waals surface area contributed by atoms with Crippen LogP contribution in [0.4, 0.5) is 0 Å². The van der Waals surface area contributed by atoms with E-state index in [9.17, 15) is 9.59 Å². The molecule has 136 valence electrons. The number of hydrogen-bond donors (Lipinski definition) is 0. The summed E-state index contributed by atoms with van der Waals surface area (Å²) in [5.41, 5.74) is 1.73. The Morgan fingerprint density at radius 3 is 2.04 bits per heavy atom. The first kappa shape index (κ1) is 18.3. The summed E-state index contributed by atoms with van der Waals surface area (Å²) >= 11 is 0. The minimum Gasteiger partial charge on any atom is -0.457 e. The maximum absolute atomic E-state index is 12.3. The van der Waals surface area contributed by atoms with Crippen LogP contribution in [-0.2, 0) is 27.7 Å². The molecule has 1 aromatic heterocycles. The molecule has 0 aliphatic rings. The van der Waals surface area contributed by atoms with Crippen molar-refractivity contribution in [1.82, 2.24) is 4.98 Å². The summed E-state index contributed by atoms with van der Waals surface area (Å²) in [6.45, 7) is 0.196. The normalized spacial score (nSPS) is 10.2. The van der Waals surface area contributed by atoms with Gasteiger partial charge in [0.15, 0.2) is 0 Å². The zero-order valence-electron chi connectivity index (χ0n) is 14.4. The second-order valence-electron chi connectivity index (χ2n) is 5.60. The van der Waals surface area contributed by atoms with Crippen molar-refractivity contribution in [3.63, 3.8) is 0 Å². The molecule has 0 N–H and O–H groups in total. The smallest absolute Gasteiger partial charge is 0.375 e. The third kappa shape index (κ3) is 5.23. The van der Waals surface area contributed by atoms with Crippen LogP contribution in [0.2, 0.25) is 0 Å². The highest BCUT2D eigenvalue weighted by molar-refractivity contribution is 6.02. The van der Waals surface area contributed by atoms with Gasteiger partial charge in [-0.3, -0.25) is 9.87 Å². The predicted molar refractivity (Wildman–Crippen MR) is 96.4 cm³/mol. The molecule has 6 nitrogen and oxygen atoms in total. The number of carbonyl (C=O) groups excluding carboxylic acids is 2. The first-order valence-corrected chi connectivity index (χ1v) is 8.27. The highest BCUT2D eigenvalue weighted by Crippen LogP contribution is 2.13. The average molecular weight is 363 g/mol. The second kappa shape index (κ2) is 9.26. The number of rotatable bonds is 7. The van der Waals surface area contributed by atoms with Gasteiger partial charge in [0.25, 0.3) is 0 Å². The van der Waals surface area contributed by atoms with Gasteiger partial charge in [0.05, 0.1) is 11.1 Å². The van der Waals surface area contributed by atoms with Gasteiger partial charge >= 0.3 is 11.9 Å². The van der Waals surface area contributed by atoms with E-state index in [-0.39, 0.29) is 24.3 Å². The number of nitrogens with zero attached hydrogens (tertiary/aromatic N) is 1. The Bertz CT molecular complexity index is 897. The van der Waals surface area contributed by atoms with Crippen molar-refractivity contribution in [2.45, 2.75) is 13.2 Å². The van der Waals surface area contributed by atoms with Crippen molar-refractivity contribution in [3.8, 4) is 0 Å². The van der Waals surface area contributed by atoms with Crippen molar-refractivity contribution in [1.29, 1.82) is 0 Å². The molecule has 2 aromatic carbocycles. The van der Waals surface area contributed by atoms with E-state index < -0.39 is 11.9 Å². The van der Waals surface area contributed by atoms with E-state index in [0.717, 1.165) is 11.1 Å². The van der Waals surface area contributed by atoms with E-state index in [1.807, 2.05) is 60.7 Å². The molecule has 0 atom stereocenters. The Morgan fingerprint density at radius 1 is 0.741 bits per heavy atom. The van der Waals surface area contributed by atoms with Crippen molar-refractivity contribution in [3.05, 3.63) is 101 Å². The van der Waals surface area contributed by atoms with Crippen molar-refractivity contribution in [2.24, 2.45) is 0 Å². The van der Waals surface area contributed by atoms with Gasteiger partial charge in [-0.2, -0.15) is 4.89 Å². The number of esters is 1. The van der Waals surface area contributed by atoms with Gasteiger partial charge in [-0.05, 0) is 17.2 Å². The predicted octanol–water partition coefficient (Wildman–Crippen LogP) is 3.73. The summed E-state index contributed by atoms with van der Waals surface area (Å²) in [6.07, 6.45) is 2.65. The van der Waals surface area contributed by atoms with Crippen LogP contribution in [0.3, 0.4) is 0 Å². The fourth-order valence-corrected chi connectivity index (χ4v) is 2.31. The topological polar surface area (TPSA) is 74.7 Å². The van der Waals surface area contributed by atoms with Gasteiger partial charge in [-0.25, -0.2) is 9.59 Å². The third-order valence-corrected chi connectivity index (χ3v) is 3.68. The number of aromatic nitrogens is 1. The Hall–Kier alpha value is -3.51. The maximum atomic E-state index is 12.3. The molecule has 1 heterocycles. The minimum absolute atomic E-state index is 0.0244. The molecule has 0 aliphatic carbocycles. The molecule has 0 saturated heterocycles. The summed E-state index contributed by atoms with van der Waals surface area (Å²) in [5, 5.41) is 0. The number of pyridine rings is 1. The van der Waals surface area contributed by atoms with Crippen LogP contribution in [0, 0.1) is 0 Å². The molecular weight excluding hydrogens is 346 g/mol. The fraction of sp³-hybridized carbons (Fsp3) is 0.0952. The lowest BCUT2D eigenvalue weighted by molar-refractivity contribution is -0.250. The molecule has 0 bridgehead atoms. The summed E-state index contributed by atoms with van der Waals surface area (Å²) in [6, 6.07) is 19.9. The zero-order chi connectivity index (χ0) is 18.9. The highest BCUT2D eigenvalue weighted by Gasteiger charge is 2.20. The van der Waals surface area contributed by atoms with E-state index >= 15 is 0 Å². The van der Waals surface area contributed by atoms with Crippen molar-refractivity contribution < 1.29 is 24.1 Å². The monoisotopic (exact) mass is 363 g/mol. The van der Waals surface area contributed by atoms with Crippen LogP contribution < -0.4 is 0 Å². The van der Waals surface area contributed by atoms with E-state index in [2.05, 4.69) is 4.98 Å². The van der Waals surface area contributed by atoms with Gasteiger partial charge < -0.3 is 4.74 Å². The molecule has 0 fully saturated rings. The molecule has 27 heavy (non-hydrogen) atoms. The van der Waals surface area contributed by atoms with Gasteiger partial charge in [0.2, 0.25) is 0 Å². The molecule has 0 unspecified atom stereocenters. The van der Waals surface area contributed by atoms with Gasteiger partial charge in [0.1, 0.15) is 13.2 Å². The van der Waals surface area contributed by atoms with Crippen LogP contribution >= 0.6 is 0 Å². The van der Waals surface area contributed by atoms with Crippen LogP contribution in [-0.4, -0.2) is 16.9 Å². The van der Waals surface area contributed by atoms with Crippen LogP contribution in [0.1, 0.15) is 31.8 Å². The standard InChI is InChI=1S/C21H17NO5/c23-20(25-14-16-7-3-1-4-8-16)18-11-12-22-13-19(18)21(24)27-26-15-17-9-5-2-6-10-17/h1-13H,14-15H2. The number of benzene rings is 2. The first-order chi connectivity index (χ1) is 13.2. The van der Waals surface area contributed by atoms with Gasteiger partial charge in [0, 0.05) is 12.4 Å². The Labute approximate surface area is 156 Å². The first-order valence-electron chi connectivity index (χ1n) is 8.27. The molecule has 0 radical (unpaired) electrons. The van der Waals surface area contributed by atoms with Crippen LogP contribution in [0.5, 0.6) is 0 Å². The van der Waals surface area contributed by atoms with Crippen molar-refractivity contribution in [2.75, 3.05) is 0 Å². The van der Waals surface area contributed by atoms with E-state index in [0.29, 0.717) is 0 Å². The lowest BCUT2D eigenvalue weighted by Crippen LogP contribution is -2.14. The summed E-state index contributed by atoms with van der Waals surface area (Å²) in [5.74, 6) is -1.46. The largest absolute Gasteiger partial charge is 0.457 e. The van der Waals surface area contributed by atoms with E-state index in [1.54, 1.807) is 0 Å². The Kier molecular flexibility index (Phi) is 6.27. The van der Waals surface area contributed by atoms with Crippen LogP contribution in [0.25, 0.3) is 0 Å². The average Bonchev–Trinajstić information content (AvgIpc) is 2.73. The number of ether oxygens (including phenoxy) is 1. The van der Waals surface area contributed by atoms with E-state index in [1.165, 1.54) is 18.5 Å². The molecular formula is C21H17NO5. The minimum atomic E-state index is -0.814. The molecule has 6 heteroatoms. The molecule has 0 amide bonds. The zero-order valence-corrected chi connectivity index (χ0v) is 14.4. The summed E-state index contributed by atoms with van der Waals surface area (Å²) in [4.78, 5) is 38.2. The van der Waals surface area contributed by atoms with Crippen molar-refractivity contribution >= 4 is 11.9 Å². The highest BCUT2D eigenvalue weighted by atomic mass is 17.2. The number of carbonyl (C=O) groups is 2. The van der Waals surface area contributed by atoms with Gasteiger partial charge in [-0.15, -0.1) is 0 Å². The molecule has 0 aliphatic heterocycles. The van der Waals surface area contributed by atoms with Gasteiger partial charge in [-0.1, -0.05) is 60.7 Å². The quantitative estimate of drug-likeness (QED) is 0.362. The Morgan fingerprint density at radius 2 is 1.37 bits per heavy atom.